The zero-order chi connectivity index (χ0) is 17.4. The molecule has 4 aromatic rings. The Hall–Kier alpha value is -3.48. The summed E-state index contributed by atoms with van der Waals surface area (Å²) in [6.07, 6.45) is 0. The van der Waals surface area contributed by atoms with Gasteiger partial charge in [-0.1, -0.05) is 5.16 Å². The molecule has 2 heterocycles. The lowest BCUT2D eigenvalue weighted by Crippen LogP contribution is -2.03. The number of rotatable bonds is 3. The summed E-state index contributed by atoms with van der Waals surface area (Å²) < 4.78 is 28.6. The summed E-state index contributed by atoms with van der Waals surface area (Å²) >= 11 is 0. The summed E-state index contributed by atoms with van der Waals surface area (Å²) in [7, 11) is 1.53. The molecule has 0 atom stereocenters. The molecule has 0 N–H and O–H groups in total. The maximum atomic E-state index is 13.0. The third-order valence-corrected chi connectivity index (χ3v) is 3.70. The van der Waals surface area contributed by atoms with Gasteiger partial charge >= 0.3 is 5.63 Å². The smallest absolute Gasteiger partial charge is 0.349 e. The van der Waals surface area contributed by atoms with Crippen LogP contribution in [0.1, 0.15) is 0 Å². The number of hydrogen-bond acceptors (Lipinski definition) is 6. The minimum absolute atomic E-state index is 0.0331. The normalized spacial score (nSPS) is 11.0. The highest BCUT2D eigenvalue weighted by Gasteiger charge is 2.16. The molecule has 2 aromatic carbocycles. The van der Waals surface area contributed by atoms with Crippen molar-refractivity contribution in [3.8, 4) is 28.6 Å². The molecule has 0 unspecified atom stereocenters. The van der Waals surface area contributed by atoms with Crippen molar-refractivity contribution in [2.24, 2.45) is 0 Å². The van der Waals surface area contributed by atoms with Crippen molar-refractivity contribution in [3.63, 3.8) is 0 Å². The van der Waals surface area contributed by atoms with Gasteiger partial charge in [-0.05, 0) is 42.5 Å². The fourth-order valence-electron chi connectivity index (χ4n) is 2.42. The number of aromatic nitrogens is 2. The quantitative estimate of drug-likeness (QED) is 0.531. The molecule has 7 heteroatoms. The topological polar surface area (TPSA) is 78.4 Å². The van der Waals surface area contributed by atoms with Gasteiger partial charge in [0, 0.05) is 17.0 Å². The summed E-state index contributed by atoms with van der Waals surface area (Å²) in [6, 6.07) is 12.4. The van der Waals surface area contributed by atoms with E-state index in [9.17, 15) is 9.18 Å². The molecule has 0 saturated carbocycles. The summed E-state index contributed by atoms with van der Waals surface area (Å²) in [5.41, 5.74) is 0.520. The Morgan fingerprint density at radius 2 is 1.88 bits per heavy atom. The van der Waals surface area contributed by atoms with Crippen molar-refractivity contribution in [2.75, 3.05) is 7.11 Å². The van der Waals surface area contributed by atoms with Crippen molar-refractivity contribution in [3.05, 3.63) is 64.8 Å². The van der Waals surface area contributed by atoms with E-state index in [1.807, 2.05) is 0 Å². The first kappa shape index (κ1) is 15.1. The molecule has 2 aromatic heterocycles. The van der Waals surface area contributed by atoms with E-state index in [1.54, 1.807) is 24.3 Å². The SMILES string of the molecule is COc1ccc2cc(-c3nc(-c4ccc(F)cc4)no3)c(=O)oc2c1. The molecule has 0 radical (unpaired) electrons. The van der Waals surface area contributed by atoms with Gasteiger partial charge in [0.2, 0.25) is 5.82 Å². The van der Waals surface area contributed by atoms with Crippen LogP contribution in [0.3, 0.4) is 0 Å². The lowest BCUT2D eigenvalue weighted by molar-refractivity contribution is 0.414. The predicted octanol–water partition coefficient (Wildman–Crippen LogP) is 3.66. The summed E-state index contributed by atoms with van der Waals surface area (Å²) in [5, 5.41) is 4.52. The van der Waals surface area contributed by atoms with Crippen LogP contribution in [0.2, 0.25) is 0 Å². The highest BCUT2D eigenvalue weighted by Crippen LogP contribution is 2.25. The van der Waals surface area contributed by atoms with E-state index >= 15 is 0 Å². The first-order valence-electron chi connectivity index (χ1n) is 7.36. The maximum Gasteiger partial charge on any atom is 0.349 e. The van der Waals surface area contributed by atoms with Crippen molar-refractivity contribution >= 4 is 11.0 Å². The Morgan fingerprint density at radius 1 is 1.08 bits per heavy atom. The van der Waals surface area contributed by atoms with Gasteiger partial charge in [-0.25, -0.2) is 9.18 Å². The van der Waals surface area contributed by atoms with E-state index < -0.39 is 5.63 Å². The predicted molar refractivity (Wildman–Crippen MR) is 87.7 cm³/mol. The summed E-state index contributed by atoms with van der Waals surface area (Å²) in [5.74, 6) is 0.507. The number of nitrogens with zero attached hydrogens (tertiary/aromatic N) is 2. The van der Waals surface area contributed by atoms with E-state index in [4.69, 9.17) is 13.7 Å². The molecular weight excluding hydrogens is 327 g/mol. The average molecular weight is 338 g/mol. The molecular formula is C18H11FN2O4. The van der Waals surface area contributed by atoms with Gasteiger partial charge < -0.3 is 13.7 Å². The molecule has 0 spiro atoms. The fourth-order valence-corrected chi connectivity index (χ4v) is 2.42. The number of methoxy groups -OCH3 is 1. The highest BCUT2D eigenvalue weighted by atomic mass is 19.1. The van der Waals surface area contributed by atoms with E-state index in [0.29, 0.717) is 22.3 Å². The van der Waals surface area contributed by atoms with Crippen LogP contribution in [-0.4, -0.2) is 17.3 Å². The van der Waals surface area contributed by atoms with Crippen LogP contribution in [-0.2, 0) is 0 Å². The van der Waals surface area contributed by atoms with Gasteiger partial charge in [0.25, 0.3) is 5.89 Å². The van der Waals surface area contributed by atoms with Crippen molar-refractivity contribution in [1.82, 2.24) is 10.1 Å². The molecule has 0 aliphatic rings. The van der Waals surface area contributed by atoms with E-state index in [0.717, 1.165) is 0 Å². The molecule has 4 rings (SSSR count). The summed E-state index contributed by atoms with van der Waals surface area (Å²) in [6.45, 7) is 0. The Labute approximate surface area is 140 Å². The minimum Gasteiger partial charge on any atom is -0.497 e. The Bertz CT molecular complexity index is 1120. The van der Waals surface area contributed by atoms with Crippen LogP contribution in [0.4, 0.5) is 4.39 Å². The summed E-state index contributed by atoms with van der Waals surface area (Å²) in [4.78, 5) is 16.4. The van der Waals surface area contributed by atoms with Crippen LogP contribution in [0.5, 0.6) is 5.75 Å². The zero-order valence-electron chi connectivity index (χ0n) is 13.0. The van der Waals surface area contributed by atoms with E-state index in [1.165, 1.54) is 31.4 Å². The molecule has 0 aliphatic carbocycles. The molecule has 0 bridgehead atoms. The number of fused-ring (bicyclic) bond motifs is 1. The molecule has 0 amide bonds. The lowest BCUT2D eigenvalue weighted by atomic mass is 10.1. The third-order valence-electron chi connectivity index (χ3n) is 3.70. The van der Waals surface area contributed by atoms with Crippen molar-refractivity contribution < 1.29 is 18.1 Å². The minimum atomic E-state index is -0.602. The maximum absolute atomic E-state index is 13.0. The Kier molecular flexibility index (Phi) is 3.53. The zero-order valence-corrected chi connectivity index (χ0v) is 13.0. The second-order valence-corrected chi connectivity index (χ2v) is 5.28. The number of hydrogen-bond donors (Lipinski definition) is 0. The van der Waals surface area contributed by atoms with Crippen LogP contribution in [0.25, 0.3) is 33.8 Å². The molecule has 0 fully saturated rings. The lowest BCUT2D eigenvalue weighted by Gasteiger charge is -2.02. The van der Waals surface area contributed by atoms with Gasteiger partial charge in [-0.3, -0.25) is 0 Å². The van der Waals surface area contributed by atoms with Gasteiger partial charge in [0.1, 0.15) is 22.7 Å². The molecule has 124 valence electrons. The first-order valence-corrected chi connectivity index (χ1v) is 7.36. The number of halogens is 1. The largest absolute Gasteiger partial charge is 0.497 e. The number of ether oxygens (including phenoxy) is 1. The van der Waals surface area contributed by atoms with Gasteiger partial charge in [-0.2, -0.15) is 4.98 Å². The molecule has 0 saturated heterocycles. The van der Waals surface area contributed by atoms with Crippen LogP contribution >= 0.6 is 0 Å². The monoisotopic (exact) mass is 338 g/mol. The standard InChI is InChI=1S/C18H11FN2O4/c1-23-13-7-4-11-8-14(18(22)24-15(11)9-13)17-20-16(21-25-17)10-2-5-12(19)6-3-10/h2-9H,1H3. The fraction of sp³-hybridized carbons (Fsp3) is 0.0556. The van der Waals surface area contributed by atoms with Gasteiger partial charge in [-0.15, -0.1) is 0 Å². The Morgan fingerprint density at radius 3 is 2.64 bits per heavy atom. The Balaban J connectivity index is 1.78. The van der Waals surface area contributed by atoms with Crippen molar-refractivity contribution in [1.29, 1.82) is 0 Å². The van der Waals surface area contributed by atoms with Crippen LogP contribution in [0.15, 0.2) is 62.3 Å². The van der Waals surface area contributed by atoms with Crippen LogP contribution < -0.4 is 10.4 Å². The van der Waals surface area contributed by atoms with Crippen molar-refractivity contribution in [2.45, 2.75) is 0 Å². The molecule has 0 aliphatic heterocycles. The molecule has 25 heavy (non-hydrogen) atoms. The second kappa shape index (κ2) is 5.86. The first-order chi connectivity index (χ1) is 12.1. The average Bonchev–Trinajstić information content (AvgIpc) is 3.11. The molecule has 6 nitrogen and oxygen atoms in total. The number of benzene rings is 2. The van der Waals surface area contributed by atoms with E-state index in [2.05, 4.69) is 10.1 Å². The van der Waals surface area contributed by atoms with Gasteiger partial charge in [0.15, 0.2) is 0 Å². The van der Waals surface area contributed by atoms with Gasteiger partial charge in [0.05, 0.1) is 7.11 Å². The highest BCUT2D eigenvalue weighted by molar-refractivity contribution is 5.81. The second-order valence-electron chi connectivity index (χ2n) is 5.28. The van der Waals surface area contributed by atoms with E-state index in [-0.39, 0.29) is 23.1 Å². The van der Waals surface area contributed by atoms with Crippen LogP contribution in [0, 0.1) is 5.82 Å². The third kappa shape index (κ3) is 2.76.